The molecule has 0 spiro atoms. The first-order chi connectivity index (χ1) is 12.7. The van der Waals surface area contributed by atoms with Gasteiger partial charge in [0, 0.05) is 23.7 Å². The fourth-order valence-corrected chi connectivity index (χ4v) is 4.02. The number of rotatable bonds is 7. The van der Waals surface area contributed by atoms with E-state index in [0.717, 1.165) is 25.7 Å². The number of aryl methyl sites for hydroxylation is 1. The van der Waals surface area contributed by atoms with Gasteiger partial charge >= 0.3 is 5.97 Å². The van der Waals surface area contributed by atoms with Crippen LogP contribution in [-0.2, 0) is 9.53 Å². The van der Waals surface area contributed by atoms with Gasteiger partial charge in [-0.2, -0.15) is 0 Å². The van der Waals surface area contributed by atoms with E-state index < -0.39 is 12.0 Å². The van der Waals surface area contributed by atoms with Gasteiger partial charge < -0.3 is 14.6 Å². The third-order valence-electron chi connectivity index (χ3n) is 5.47. The summed E-state index contributed by atoms with van der Waals surface area (Å²) < 4.78 is 4.79. The molecule has 6 heteroatoms. The molecule has 1 amide bonds. The van der Waals surface area contributed by atoms with Crippen LogP contribution in [0.4, 0.5) is 0 Å². The average Bonchev–Trinajstić information content (AvgIpc) is 3.25. The number of H-pyrrole nitrogens is 1. The van der Waals surface area contributed by atoms with Crippen molar-refractivity contribution in [2.24, 2.45) is 11.8 Å². The molecule has 2 rings (SSSR count). The van der Waals surface area contributed by atoms with Crippen LogP contribution in [0, 0.1) is 25.7 Å². The van der Waals surface area contributed by atoms with E-state index in [0.29, 0.717) is 29.1 Å². The Balaban J connectivity index is 2.33. The number of esters is 1. The minimum atomic E-state index is -0.570. The van der Waals surface area contributed by atoms with Crippen LogP contribution in [0.2, 0.25) is 0 Å². The van der Waals surface area contributed by atoms with Gasteiger partial charge in [0.15, 0.2) is 5.78 Å². The molecule has 1 N–H and O–H groups in total. The maximum absolute atomic E-state index is 13.3. The van der Waals surface area contributed by atoms with Gasteiger partial charge in [0.05, 0.1) is 13.2 Å². The minimum absolute atomic E-state index is 0.0260. The van der Waals surface area contributed by atoms with E-state index in [1.807, 2.05) is 13.8 Å². The third-order valence-corrected chi connectivity index (χ3v) is 5.47. The quantitative estimate of drug-likeness (QED) is 0.582. The Kier molecular flexibility index (Phi) is 6.84. The van der Waals surface area contributed by atoms with Gasteiger partial charge in [-0.1, -0.05) is 26.7 Å². The first kappa shape index (κ1) is 21.2. The van der Waals surface area contributed by atoms with Crippen LogP contribution < -0.4 is 0 Å². The predicted octanol–water partition coefficient (Wildman–Crippen LogP) is 3.66. The zero-order valence-corrected chi connectivity index (χ0v) is 17.3. The lowest BCUT2D eigenvalue weighted by Crippen LogP contribution is -2.47. The van der Waals surface area contributed by atoms with E-state index in [1.165, 1.54) is 7.11 Å². The number of hydrogen-bond donors (Lipinski definition) is 1. The molecule has 1 fully saturated rings. The van der Waals surface area contributed by atoms with E-state index >= 15 is 0 Å². The number of nitrogens with zero attached hydrogens (tertiary/aromatic N) is 1. The van der Waals surface area contributed by atoms with Crippen LogP contribution in [0.5, 0.6) is 0 Å². The van der Waals surface area contributed by atoms with Gasteiger partial charge in [0.1, 0.15) is 5.69 Å². The van der Waals surface area contributed by atoms with Gasteiger partial charge in [-0.05, 0) is 45.1 Å². The largest absolute Gasteiger partial charge is 0.464 e. The molecule has 1 aliphatic rings. The van der Waals surface area contributed by atoms with E-state index in [2.05, 4.69) is 4.98 Å². The van der Waals surface area contributed by atoms with Gasteiger partial charge in [0.2, 0.25) is 5.91 Å². The van der Waals surface area contributed by atoms with Crippen molar-refractivity contribution in [3.05, 3.63) is 22.5 Å². The molecule has 1 saturated carbocycles. The van der Waals surface area contributed by atoms with Gasteiger partial charge in [-0.3, -0.25) is 9.59 Å². The lowest BCUT2D eigenvalue weighted by Gasteiger charge is -2.32. The third kappa shape index (κ3) is 4.42. The summed E-state index contributed by atoms with van der Waals surface area (Å²) in [5, 5.41) is 0. The SMILES string of the molecule is COC(=O)c1[nH]c(C)c(C(=O)[C@H](C)N(CC(C)C)C(=O)C2CCCC2)c1C. The average molecular weight is 376 g/mol. The van der Waals surface area contributed by atoms with Crippen molar-refractivity contribution < 1.29 is 19.1 Å². The molecule has 1 aliphatic carbocycles. The number of carbonyl (C=O) groups excluding carboxylic acids is 3. The number of methoxy groups -OCH3 is 1. The summed E-state index contributed by atoms with van der Waals surface area (Å²) in [5.41, 5.74) is 1.98. The predicted molar refractivity (Wildman–Crippen MR) is 104 cm³/mol. The van der Waals surface area contributed by atoms with Crippen LogP contribution in [-0.4, -0.2) is 47.2 Å². The summed E-state index contributed by atoms with van der Waals surface area (Å²) in [5.74, 6) is -0.254. The van der Waals surface area contributed by atoms with Crippen molar-refractivity contribution >= 4 is 17.7 Å². The Morgan fingerprint density at radius 2 is 1.74 bits per heavy atom. The van der Waals surface area contributed by atoms with Crippen LogP contribution in [0.3, 0.4) is 0 Å². The van der Waals surface area contributed by atoms with Crippen molar-refractivity contribution in [2.45, 2.75) is 66.3 Å². The van der Waals surface area contributed by atoms with Crippen molar-refractivity contribution in [1.82, 2.24) is 9.88 Å². The highest BCUT2D eigenvalue weighted by Gasteiger charge is 2.35. The molecule has 0 radical (unpaired) electrons. The van der Waals surface area contributed by atoms with Crippen LogP contribution in [0.15, 0.2) is 0 Å². The zero-order chi connectivity index (χ0) is 20.3. The number of ether oxygens (including phenoxy) is 1. The summed E-state index contributed by atoms with van der Waals surface area (Å²) in [7, 11) is 1.31. The number of ketones is 1. The summed E-state index contributed by atoms with van der Waals surface area (Å²) >= 11 is 0. The summed E-state index contributed by atoms with van der Waals surface area (Å²) in [6, 6.07) is -0.570. The normalized spacial score (nSPS) is 15.8. The fraction of sp³-hybridized carbons (Fsp3) is 0.667. The molecule has 0 saturated heterocycles. The molecular weight excluding hydrogens is 344 g/mol. The molecule has 27 heavy (non-hydrogen) atoms. The monoisotopic (exact) mass is 376 g/mol. The number of amides is 1. The van der Waals surface area contributed by atoms with Crippen LogP contribution in [0.25, 0.3) is 0 Å². The Bertz CT molecular complexity index is 714. The number of Topliss-reactive ketones (excluding diaryl/α,β-unsaturated/α-hetero) is 1. The molecule has 1 aromatic rings. The van der Waals surface area contributed by atoms with Gasteiger partial charge in [-0.25, -0.2) is 4.79 Å². The second-order valence-electron chi connectivity index (χ2n) is 8.02. The van der Waals surface area contributed by atoms with E-state index in [4.69, 9.17) is 4.74 Å². The maximum Gasteiger partial charge on any atom is 0.354 e. The number of hydrogen-bond acceptors (Lipinski definition) is 4. The number of aromatic nitrogens is 1. The first-order valence-corrected chi connectivity index (χ1v) is 9.81. The fourth-order valence-electron chi connectivity index (χ4n) is 4.02. The highest BCUT2D eigenvalue weighted by molar-refractivity contribution is 6.06. The highest BCUT2D eigenvalue weighted by Crippen LogP contribution is 2.29. The lowest BCUT2D eigenvalue weighted by atomic mass is 9.97. The van der Waals surface area contributed by atoms with Gasteiger partial charge in [-0.15, -0.1) is 0 Å². The Morgan fingerprint density at radius 1 is 1.15 bits per heavy atom. The molecule has 1 aromatic heterocycles. The maximum atomic E-state index is 13.3. The zero-order valence-electron chi connectivity index (χ0n) is 17.3. The van der Waals surface area contributed by atoms with Gasteiger partial charge in [0.25, 0.3) is 0 Å². The number of nitrogens with one attached hydrogen (secondary N) is 1. The molecule has 1 heterocycles. The van der Waals surface area contributed by atoms with Crippen molar-refractivity contribution in [3.63, 3.8) is 0 Å². The van der Waals surface area contributed by atoms with Crippen molar-refractivity contribution in [1.29, 1.82) is 0 Å². The molecule has 0 unspecified atom stereocenters. The first-order valence-electron chi connectivity index (χ1n) is 9.81. The van der Waals surface area contributed by atoms with Crippen LogP contribution in [0.1, 0.15) is 78.6 Å². The Hall–Kier alpha value is -2.11. The second-order valence-corrected chi connectivity index (χ2v) is 8.02. The summed E-state index contributed by atoms with van der Waals surface area (Å²) in [4.78, 5) is 43.0. The number of aromatic amines is 1. The molecule has 150 valence electrons. The molecule has 1 atom stereocenters. The molecular formula is C21H32N2O4. The molecule has 0 aliphatic heterocycles. The summed E-state index contributed by atoms with van der Waals surface area (Å²) in [6.45, 7) is 9.95. The topological polar surface area (TPSA) is 79.5 Å². The Morgan fingerprint density at radius 3 is 2.26 bits per heavy atom. The molecule has 0 aromatic carbocycles. The van der Waals surface area contributed by atoms with E-state index in [9.17, 15) is 14.4 Å². The second kappa shape index (κ2) is 8.72. The van der Waals surface area contributed by atoms with Crippen molar-refractivity contribution in [3.8, 4) is 0 Å². The number of carbonyl (C=O) groups is 3. The molecule has 6 nitrogen and oxygen atoms in total. The Labute approximate surface area is 161 Å². The lowest BCUT2D eigenvalue weighted by molar-refractivity contribution is -0.137. The highest BCUT2D eigenvalue weighted by atomic mass is 16.5. The van der Waals surface area contributed by atoms with Crippen LogP contribution >= 0.6 is 0 Å². The van der Waals surface area contributed by atoms with E-state index in [1.54, 1.807) is 25.7 Å². The smallest absolute Gasteiger partial charge is 0.354 e. The van der Waals surface area contributed by atoms with E-state index in [-0.39, 0.29) is 23.5 Å². The minimum Gasteiger partial charge on any atom is -0.464 e. The molecule has 0 bridgehead atoms. The van der Waals surface area contributed by atoms with Crippen molar-refractivity contribution in [2.75, 3.05) is 13.7 Å². The standard InChI is InChI=1S/C21H32N2O4/c1-12(2)11-23(20(25)16-9-7-8-10-16)15(5)19(24)17-13(3)18(21(26)27-6)22-14(17)4/h12,15-16,22H,7-11H2,1-6H3/t15-/m0/s1. The summed E-state index contributed by atoms with van der Waals surface area (Å²) in [6.07, 6.45) is 3.96.